The zero-order valence-electron chi connectivity index (χ0n) is 10.8. The molecule has 4 nitrogen and oxygen atoms in total. The number of hydrogen-bond acceptors (Lipinski definition) is 5. The molecule has 0 saturated carbocycles. The number of anilines is 1. The molecule has 1 atom stereocenters. The van der Waals surface area contributed by atoms with E-state index >= 15 is 0 Å². The molecule has 19 heavy (non-hydrogen) atoms. The minimum atomic E-state index is -3.12. The Hall–Kier alpha value is -1.40. The summed E-state index contributed by atoms with van der Waals surface area (Å²) in [5, 5.41) is 6.08. The normalized spacial score (nSPS) is 13.2. The molecule has 0 saturated heterocycles. The first kappa shape index (κ1) is 14.0. The van der Waals surface area contributed by atoms with Gasteiger partial charge in [-0.25, -0.2) is 13.4 Å². The Morgan fingerprint density at radius 3 is 2.53 bits per heavy atom. The highest BCUT2D eigenvalue weighted by molar-refractivity contribution is 7.90. The van der Waals surface area contributed by atoms with Crippen molar-refractivity contribution in [2.24, 2.45) is 0 Å². The second-order valence-corrected chi connectivity index (χ2v) is 7.37. The van der Waals surface area contributed by atoms with E-state index in [4.69, 9.17) is 0 Å². The molecular weight excluding hydrogens is 280 g/mol. The molecule has 102 valence electrons. The SMILES string of the molecule is CC(CNc1nccs1)c1ccc(S(C)(=O)=O)cc1. The average Bonchev–Trinajstić information content (AvgIpc) is 2.88. The van der Waals surface area contributed by atoms with Gasteiger partial charge in [0.05, 0.1) is 4.90 Å². The number of nitrogens with one attached hydrogen (secondary N) is 1. The lowest BCUT2D eigenvalue weighted by molar-refractivity contribution is 0.602. The van der Waals surface area contributed by atoms with Crippen LogP contribution in [0, 0.1) is 0 Å². The molecule has 0 amide bonds. The fraction of sp³-hybridized carbons (Fsp3) is 0.308. The van der Waals surface area contributed by atoms with Gasteiger partial charge < -0.3 is 5.32 Å². The van der Waals surface area contributed by atoms with Crippen LogP contribution in [0.2, 0.25) is 0 Å². The number of hydrogen-bond donors (Lipinski definition) is 1. The minimum Gasteiger partial charge on any atom is -0.361 e. The highest BCUT2D eigenvalue weighted by Crippen LogP contribution is 2.19. The van der Waals surface area contributed by atoms with E-state index in [0.717, 1.165) is 17.2 Å². The topological polar surface area (TPSA) is 59.1 Å². The van der Waals surface area contributed by atoms with E-state index in [1.807, 2.05) is 17.5 Å². The zero-order valence-corrected chi connectivity index (χ0v) is 12.5. The molecule has 1 N–H and O–H groups in total. The van der Waals surface area contributed by atoms with Crippen LogP contribution >= 0.6 is 11.3 Å². The van der Waals surface area contributed by atoms with Gasteiger partial charge in [-0.3, -0.25) is 0 Å². The van der Waals surface area contributed by atoms with Gasteiger partial charge in [-0.1, -0.05) is 19.1 Å². The predicted octanol–water partition coefficient (Wildman–Crippen LogP) is 2.76. The Morgan fingerprint density at radius 2 is 2.00 bits per heavy atom. The van der Waals surface area contributed by atoms with E-state index in [9.17, 15) is 8.42 Å². The van der Waals surface area contributed by atoms with Crippen molar-refractivity contribution in [1.82, 2.24) is 4.98 Å². The van der Waals surface area contributed by atoms with Crippen LogP contribution in [0.5, 0.6) is 0 Å². The van der Waals surface area contributed by atoms with Crippen molar-refractivity contribution < 1.29 is 8.42 Å². The van der Waals surface area contributed by atoms with Crippen molar-refractivity contribution in [2.75, 3.05) is 18.1 Å². The average molecular weight is 296 g/mol. The maximum absolute atomic E-state index is 11.4. The minimum absolute atomic E-state index is 0.289. The fourth-order valence-electron chi connectivity index (χ4n) is 1.71. The van der Waals surface area contributed by atoms with Gasteiger partial charge in [-0.05, 0) is 23.6 Å². The van der Waals surface area contributed by atoms with E-state index < -0.39 is 9.84 Å². The monoisotopic (exact) mass is 296 g/mol. The number of benzene rings is 1. The molecule has 0 aliphatic carbocycles. The van der Waals surface area contributed by atoms with Crippen LogP contribution in [0.4, 0.5) is 5.13 Å². The third kappa shape index (κ3) is 3.78. The van der Waals surface area contributed by atoms with Gasteiger partial charge in [-0.2, -0.15) is 0 Å². The first-order chi connectivity index (χ1) is 8.97. The van der Waals surface area contributed by atoms with E-state index in [2.05, 4.69) is 17.2 Å². The van der Waals surface area contributed by atoms with E-state index in [1.165, 1.54) is 6.26 Å². The second-order valence-electron chi connectivity index (χ2n) is 4.46. The van der Waals surface area contributed by atoms with Gasteiger partial charge >= 0.3 is 0 Å². The van der Waals surface area contributed by atoms with Crippen molar-refractivity contribution in [3.05, 3.63) is 41.4 Å². The molecule has 1 unspecified atom stereocenters. The van der Waals surface area contributed by atoms with Crippen molar-refractivity contribution in [3.8, 4) is 0 Å². The molecule has 0 aliphatic rings. The maximum Gasteiger partial charge on any atom is 0.182 e. The summed E-state index contributed by atoms with van der Waals surface area (Å²) in [4.78, 5) is 4.51. The van der Waals surface area contributed by atoms with Gasteiger partial charge in [0.25, 0.3) is 0 Å². The summed E-state index contributed by atoms with van der Waals surface area (Å²) in [6.07, 6.45) is 2.98. The molecule has 1 aromatic heterocycles. The van der Waals surface area contributed by atoms with Gasteiger partial charge in [0, 0.05) is 24.4 Å². The van der Waals surface area contributed by atoms with Crippen LogP contribution in [0.25, 0.3) is 0 Å². The van der Waals surface area contributed by atoms with E-state index in [0.29, 0.717) is 4.90 Å². The van der Waals surface area contributed by atoms with Gasteiger partial charge in [0.2, 0.25) is 0 Å². The Labute approximate surface area is 117 Å². The van der Waals surface area contributed by atoms with Crippen LogP contribution in [0.3, 0.4) is 0 Å². The lowest BCUT2D eigenvalue weighted by Gasteiger charge is -2.12. The van der Waals surface area contributed by atoms with Crippen molar-refractivity contribution >= 4 is 26.3 Å². The predicted molar refractivity (Wildman–Crippen MR) is 78.6 cm³/mol. The molecule has 2 rings (SSSR count). The molecular formula is C13H16N2O2S2. The first-order valence-corrected chi connectivity index (χ1v) is 8.67. The van der Waals surface area contributed by atoms with Gasteiger partial charge in [0.1, 0.15) is 0 Å². The second kappa shape index (κ2) is 5.71. The third-order valence-electron chi connectivity index (χ3n) is 2.87. The summed E-state index contributed by atoms with van der Waals surface area (Å²) in [6, 6.07) is 7.05. The summed E-state index contributed by atoms with van der Waals surface area (Å²) >= 11 is 1.56. The highest BCUT2D eigenvalue weighted by Gasteiger charge is 2.09. The Kier molecular flexibility index (Phi) is 4.21. The third-order valence-corrected chi connectivity index (χ3v) is 4.73. The molecule has 1 heterocycles. The molecule has 6 heteroatoms. The zero-order chi connectivity index (χ0) is 13.9. The lowest BCUT2D eigenvalue weighted by Crippen LogP contribution is -2.09. The summed E-state index contributed by atoms with van der Waals surface area (Å²) < 4.78 is 22.8. The number of nitrogens with zero attached hydrogens (tertiary/aromatic N) is 1. The summed E-state index contributed by atoms with van der Waals surface area (Å²) in [5.41, 5.74) is 1.11. The maximum atomic E-state index is 11.4. The van der Waals surface area contributed by atoms with Gasteiger partial charge in [0.15, 0.2) is 15.0 Å². The summed E-state index contributed by atoms with van der Waals surface area (Å²) in [6.45, 7) is 2.86. The summed E-state index contributed by atoms with van der Waals surface area (Å²) in [7, 11) is -3.12. The summed E-state index contributed by atoms with van der Waals surface area (Å²) in [5.74, 6) is 0.289. The van der Waals surface area contributed by atoms with Crippen LogP contribution < -0.4 is 5.32 Å². The molecule has 2 aromatic rings. The Morgan fingerprint density at radius 1 is 1.32 bits per heavy atom. The van der Waals surface area contributed by atoms with Crippen LogP contribution in [0.15, 0.2) is 40.7 Å². The van der Waals surface area contributed by atoms with Crippen molar-refractivity contribution in [1.29, 1.82) is 0 Å². The highest BCUT2D eigenvalue weighted by atomic mass is 32.2. The number of rotatable bonds is 5. The standard InChI is InChI=1S/C13H16N2O2S2/c1-10(9-15-13-14-7-8-18-13)11-3-5-12(6-4-11)19(2,16)17/h3-8,10H,9H2,1-2H3,(H,14,15). The quantitative estimate of drug-likeness (QED) is 0.921. The molecule has 0 radical (unpaired) electrons. The first-order valence-electron chi connectivity index (χ1n) is 5.90. The largest absolute Gasteiger partial charge is 0.361 e. The molecule has 0 aliphatic heterocycles. The fourth-order valence-corrected chi connectivity index (χ4v) is 2.88. The molecule has 1 aromatic carbocycles. The number of aromatic nitrogens is 1. The molecule has 0 fully saturated rings. The van der Waals surface area contributed by atoms with Crippen LogP contribution in [0.1, 0.15) is 18.4 Å². The van der Waals surface area contributed by atoms with Crippen molar-refractivity contribution in [2.45, 2.75) is 17.7 Å². The molecule has 0 spiro atoms. The van der Waals surface area contributed by atoms with Crippen molar-refractivity contribution in [3.63, 3.8) is 0 Å². The van der Waals surface area contributed by atoms with Crippen LogP contribution in [-0.2, 0) is 9.84 Å². The lowest BCUT2D eigenvalue weighted by atomic mass is 10.0. The number of thiazole rings is 1. The smallest absolute Gasteiger partial charge is 0.182 e. The molecule has 0 bridgehead atoms. The van der Waals surface area contributed by atoms with Crippen LogP contribution in [-0.4, -0.2) is 26.2 Å². The van der Waals surface area contributed by atoms with E-state index in [1.54, 1.807) is 29.7 Å². The Bertz CT molecular complexity index is 619. The number of sulfone groups is 1. The van der Waals surface area contributed by atoms with E-state index in [-0.39, 0.29) is 5.92 Å². The Balaban J connectivity index is 2.01. The van der Waals surface area contributed by atoms with Gasteiger partial charge in [-0.15, -0.1) is 11.3 Å².